The lowest BCUT2D eigenvalue weighted by molar-refractivity contribution is 0.104. The summed E-state index contributed by atoms with van der Waals surface area (Å²) in [6.45, 7) is 0. The fraction of sp³-hybridized carbons (Fsp3) is 0.125. The number of hydrogen-bond donors (Lipinski definition) is 0. The van der Waals surface area contributed by atoms with Gasteiger partial charge in [-0.3, -0.25) is 4.79 Å². The lowest BCUT2D eigenvalue weighted by atomic mass is 10.1. The van der Waals surface area contributed by atoms with Gasteiger partial charge in [0.25, 0.3) is 0 Å². The molecule has 1 aliphatic carbocycles. The molecule has 0 bridgehead atoms. The van der Waals surface area contributed by atoms with E-state index in [1.807, 2.05) is 93.0 Å². The van der Waals surface area contributed by atoms with Crippen molar-refractivity contribution in [2.24, 2.45) is 0 Å². The van der Waals surface area contributed by atoms with E-state index < -0.39 is 0 Å². The van der Waals surface area contributed by atoms with Crippen LogP contribution in [-0.2, 0) is 6.42 Å². The molecule has 26 heavy (non-hydrogen) atoms. The van der Waals surface area contributed by atoms with E-state index in [1.54, 1.807) is 0 Å². The van der Waals surface area contributed by atoms with Crippen LogP contribution in [0.5, 0.6) is 0 Å². The number of carbonyl (C=O) groups excluding carboxylic acids is 1. The predicted octanol–water partition coefficient (Wildman–Crippen LogP) is 5.26. The summed E-state index contributed by atoms with van der Waals surface area (Å²) in [5, 5.41) is 0. The summed E-state index contributed by atoms with van der Waals surface area (Å²) in [5.41, 5.74) is 5.22. The van der Waals surface area contributed by atoms with Gasteiger partial charge in [-0.25, -0.2) is 0 Å². The van der Waals surface area contributed by atoms with Crippen LogP contribution in [0, 0.1) is 0 Å². The summed E-state index contributed by atoms with van der Waals surface area (Å²) >= 11 is 0. The molecule has 130 valence electrons. The van der Waals surface area contributed by atoms with Gasteiger partial charge in [0.1, 0.15) is 0 Å². The molecule has 1 aliphatic rings. The minimum Gasteiger partial charge on any atom is -0.378 e. The smallest absolute Gasteiger partial charge is 0.189 e. The molecular weight excluding hydrogens is 318 g/mol. The second-order valence-corrected chi connectivity index (χ2v) is 6.47. The van der Waals surface area contributed by atoms with Crippen LogP contribution in [0.25, 0.3) is 6.08 Å². The van der Waals surface area contributed by atoms with Crippen LogP contribution in [-0.4, -0.2) is 19.9 Å². The number of para-hydroxylation sites is 1. The highest BCUT2D eigenvalue weighted by Crippen LogP contribution is 2.27. The molecular formula is C24H23NO. The molecule has 3 aromatic carbocycles. The summed E-state index contributed by atoms with van der Waals surface area (Å²) in [6, 6.07) is 28.1. The van der Waals surface area contributed by atoms with Crippen LogP contribution in [0.15, 0.2) is 90.5 Å². The van der Waals surface area contributed by atoms with Gasteiger partial charge in [-0.1, -0.05) is 72.8 Å². The first-order chi connectivity index (χ1) is 12.6. The molecule has 0 spiro atoms. The van der Waals surface area contributed by atoms with Crippen molar-refractivity contribution in [3.63, 3.8) is 0 Å². The minimum absolute atomic E-state index is 0.171. The van der Waals surface area contributed by atoms with E-state index in [-0.39, 0.29) is 5.78 Å². The number of rotatable bonds is 2. The Morgan fingerprint density at radius 3 is 1.92 bits per heavy atom. The van der Waals surface area contributed by atoms with E-state index in [9.17, 15) is 4.79 Å². The summed E-state index contributed by atoms with van der Waals surface area (Å²) in [6.07, 6.45) is 2.74. The third kappa shape index (κ3) is 4.28. The van der Waals surface area contributed by atoms with Gasteiger partial charge in [-0.15, -0.1) is 0 Å². The lowest BCUT2D eigenvalue weighted by Gasteiger charge is -2.10. The van der Waals surface area contributed by atoms with Crippen molar-refractivity contribution in [2.75, 3.05) is 19.0 Å². The van der Waals surface area contributed by atoms with Crippen LogP contribution in [0.4, 0.5) is 5.69 Å². The molecule has 0 atom stereocenters. The largest absolute Gasteiger partial charge is 0.378 e. The first kappa shape index (κ1) is 17.7. The van der Waals surface area contributed by atoms with Gasteiger partial charge >= 0.3 is 0 Å². The van der Waals surface area contributed by atoms with E-state index >= 15 is 0 Å². The highest BCUT2D eigenvalue weighted by atomic mass is 16.1. The number of ketones is 1. The quantitative estimate of drug-likeness (QED) is 0.593. The summed E-state index contributed by atoms with van der Waals surface area (Å²) in [7, 11) is 4.07. The lowest BCUT2D eigenvalue weighted by Crippen LogP contribution is -2.07. The first-order valence-corrected chi connectivity index (χ1v) is 8.76. The normalized spacial score (nSPS) is 13.8. The zero-order chi connectivity index (χ0) is 18.4. The van der Waals surface area contributed by atoms with Gasteiger partial charge in [-0.05, 0) is 29.3 Å². The Labute approximate surface area is 155 Å². The van der Waals surface area contributed by atoms with Crippen molar-refractivity contribution < 1.29 is 4.79 Å². The molecule has 4 rings (SSSR count). The number of allylic oxidation sites excluding steroid dienone is 1. The Hall–Kier alpha value is -3.13. The molecule has 2 heteroatoms. The van der Waals surface area contributed by atoms with Gasteiger partial charge in [-0.2, -0.15) is 0 Å². The predicted molar refractivity (Wildman–Crippen MR) is 110 cm³/mol. The average molecular weight is 341 g/mol. The third-order valence-electron chi connectivity index (χ3n) is 4.35. The van der Waals surface area contributed by atoms with Crippen molar-refractivity contribution >= 4 is 17.5 Å². The molecule has 0 radical (unpaired) electrons. The van der Waals surface area contributed by atoms with E-state index in [4.69, 9.17) is 0 Å². The molecule has 3 aromatic rings. The standard InChI is InChI=1S/C16H12O.C8H11N/c17-16-14(10-12-6-2-1-3-7-12)11-13-8-4-5-9-15(13)16;1-9(2)8-6-4-3-5-7-8/h1-10H,11H2;3-7H,1-2H3. The Morgan fingerprint density at radius 1 is 0.769 bits per heavy atom. The Kier molecular flexibility index (Phi) is 5.65. The van der Waals surface area contributed by atoms with Crippen molar-refractivity contribution in [1.29, 1.82) is 0 Å². The zero-order valence-corrected chi connectivity index (χ0v) is 15.2. The van der Waals surface area contributed by atoms with Crippen molar-refractivity contribution in [2.45, 2.75) is 6.42 Å². The van der Waals surface area contributed by atoms with E-state index in [0.29, 0.717) is 0 Å². The Morgan fingerprint density at radius 2 is 1.35 bits per heavy atom. The number of carbonyl (C=O) groups is 1. The van der Waals surface area contributed by atoms with E-state index in [0.717, 1.165) is 28.7 Å². The van der Waals surface area contributed by atoms with Gasteiger partial charge in [0, 0.05) is 37.3 Å². The maximum Gasteiger partial charge on any atom is 0.189 e. The molecule has 0 aromatic heterocycles. The fourth-order valence-corrected chi connectivity index (χ4v) is 2.95. The number of nitrogens with zero attached hydrogens (tertiary/aromatic N) is 1. The summed E-state index contributed by atoms with van der Waals surface area (Å²) in [5.74, 6) is 0.171. The summed E-state index contributed by atoms with van der Waals surface area (Å²) < 4.78 is 0. The minimum atomic E-state index is 0.171. The number of Topliss-reactive ketones (excluding diaryl/α,β-unsaturated/α-hetero) is 1. The molecule has 0 amide bonds. The Balaban J connectivity index is 0.000000185. The van der Waals surface area contributed by atoms with Crippen LogP contribution in [0.1, 0.15) is 21.5 Å². The maximum atomic E-state index is 12.1. The van der Waals surface area contributed by atoms with Crippen molar-refractivity contribution in [1.82, 2.24) is 0 Å². The number of fused-ring (bicyclic) bond motifs is 1. The fourth-order valence-electron chi connectivity index (χ4n) is 2.95. The molecule has 0 heterocycles. The third-order valence-corrected chi connectivity index (χ3v) is 4.35. The van der Waals surface area contributed by atoms with Crippen LogP contribution in [0.3, 0.4) is 0 Å². The van der Waals surface area contributed by atoms with E-state index in [1.165, 1.54) is 5.69 Å². The number of benzene rings is 3. The van der Waals surface area contributed by atoms with Gasteiger partial charge in [0.15, 0.2) is 5.78 Å². The topological polar surface area (TPSA) is 20.3 Å². The first-order valence-electron chi connectivity index (χ1n) is 8.76. The van der Waals surface area contributed by atoms with E-state index in [2.05, 4.69) is 17.0 Å². The highest BCUT2D eigenvalue weighted by Gasteiger charge is 2.23. The molecule has 0 unspecified atom stereocenters. The van der Waals surface area contributed by atoms with Crippen LogP contribution < -0.4 is 4.90 Å². The van der Waals surface area contributed by atoms with Crippen LogP contribution >= 0.6 is 0 Å². The number of anilines is 1. The van der Waals surface area contributed by atoms with Crippen LogP contribution in [0.2, 0.25) is 0 Å². The molecule has 0 N–H and O–H groups in total. The molecule has 0 fully saturated rings. The highest BCUT2D eigenvalue weighted by molar-refractivity contribution is 6.15. The monoisotopic (exact) mass is 341 g/mol. The molecule has 0 saturated heterocycles. The summed E-state index contributed by atoms with van der Waals surface area (Å²) in [4.78, 5) is 14.2. The number of hydrogen-bond acceptors (Lipinski definition) is 2. The van der Waals surface area contributed by atoms with Gasteiger partial charge < -0.3 is 4.90 Å². The zero-order valence-electron chi connectivity index (χ0n) is 15.2. The average Bonchev–Trinajstić information content (AvgIpc) is 3.00. The maximum absolute atomic E-state index is 12.1. The van der Waals surface area contributed by atoms with Gasteiger partial charge in [0.05, 0.1) is 0 Å². The molecule has 0 aliphatic heterocycles. The van der Waals surface area contributed by atoms with Crippen molar-refractivity contribution in [3.8, 4) is 0 Å². The second-order valence-electron chi connectivity index (χ2n) is 6.47. The molecule has 2 nitrogen and oxygen atoms in total. The molecule has 0 saturated carbocycles. The van der Waals surface area contributed by atoms with Gasteiger partial charge in [0.2, 0.25) is 0 Å². The van der Waals surface area contributed by atoms with Crippen molar-refractivity contribution in [3.05, 3.63) is 107 Å². The second kappa shape index (κ2) is 8.30. The Bertz CT molecular complexity index is 896. The SMILES string of the molecule is CN(C)c1ccccc1.O=C1C(=Cc2ccccc2)Cc2ccccc21.